The summed E-state index contributed by atoms with van der Waals surface area (Å²) in [4.78, 5) is 25.8. The number of benzene rings is 2. The van der Waals surface area contributed by atoms with Gasteiger partial charge in [-0.25, -0.2) is 0 Å². The first-order valence-corrected chi connectivity index (χ1v) is 8.37. The molecule has 1 heterocycles. The lowest BCUT2D eigenvalue weighted by molar-refractivity contribution is 0.0647. The molecule has 0 bridgehead atoms. The maximum absolute atomic E-state index is 12.2. The summed E-state index contributed by atoms with van der Waals surface area (Å²) >= 11 is 0. The molecule has 2 amide bonds. The molecule has 0 radical (unpaired) electrons. The van der Waals surface area contributed by atoms with E-state index < -0.39 is 0 Å². The molecule has 24 heavy (non-hydrogen) atoms. The molecule has 124 valence electrons. The topological polar surface area (TPSA) is 46.6 Å². The number of amides is 2. The Labute approximate surface area is 142 Å². The zero-order chi connectivity index (χ0) is 16.9. The number of hydrogen-bond acceptors (Lipinski definition) is 3. The van der Waals surface area contributed by atoms with Gasteiger partial charge in [-0.1, -0.05) is 37.6 Å². The Bertz CT molecular complexity index is 702. The number of carbonyl (C=O) groups excluding carboxylic acids is 2. The number of imide groups is 1. The highest BCUT2D eigenvalue weighted by Crippen LogP contribution is 2.22. The minimum Gasteiger partial charge on any atom is -0.494 e. The SMILES string of the molecule is CCCc1ccc(OCCCN2C(=O)c3ccccc3C2=O)cc1. The maximum Gasteiger partial charge on any atom is 0.261 e. The van der Waals surface area contributed by atoms with E-state index in [4.69, 9.17) is 4.74 Å². The molecule has 4 nitrogen and oxygen atoms in total. The average molecular weight is 323 g/mol. The molecular weight excluding hydrogens is 302 g/mol. The Morgan fingerprint density at radius 1 is 0.917 bits per heavy atom. The van der Waals surface area contributed by atoms with Crippen molar-refractivity contribution in [2.24, 2.45) is 0 Å². The highest BCUT2D eigenvalue weighted by molar-refractivity contribution is 6.21. The van der Waals surface area contributed by atoms with E-state index in [1.54, 1.807) is 24.3 Å². The Kier molecular flexibility index (Phi) is 4.94. The van der Waals surface area contributed by atoms with E-state index in [9.17, 15) is 9.59 Å². The number of nitrogens with zero attached hydrogens (tertiary/aromatic N) is 1. The molecule has 0 aromatic heterocycles. The number of rotatable bonds is 7. The fourth-order valence-corrected chi connectivity index (χ4v) is 2.90. The first kappa shape index (κ1) is 16.2. The fourth-order valence-electron chi connectivity index (χ4n) is 2.90. The summed E-state index contributed by atoms with van der Waals surface area (Å²) in [7, 11) is 0. The molecule has 3 rings (SSSR count). The van der Waals surface area contributed by atoms with E-state index in [1.165, 1.54) is 10.5 Å². The van der Waals surface area contributed by atoms with Crippen LogP contribution in [0.4, 0.5) is 0 Å². The van der Waals surface area contributed by atoms with Crippen molar-refractivity contribution in [2.45, 2.75) is 26.2 Å². The molecule has 1 aliphatic heterocycles. The van der Waals surface area contributed by atoms with Crippen LogP contribution in [0, 0.1) is 0 Å². The Hall–Kier alpha value is -2.62. The summed E-state index contributed by atoms with van der Waals surface area (Å²) in [6.07, 6.45) is 2.81. The molecular formula is C20H21NO3. The summed E-state index contributed by atoms with van der Waals surface area (Å²) in [5.74, 6) is 0.399. The zero-order valence-electron chi connectivity index (χ0n) is 13.8. The lowest BCUT2D eigenvalue weighted by Crippen LogP contribution is -2.31. The van der Waals surface area contributed by atoms with Gasteiger partial charge in [0.1, 0.15) is 5.75 Å². The predicted octanol–water partition coefficient (Wildman–Crippen LogP) is 3.70. The van der Waals surface area contributed by atoms with Gasteiger partial charge >= 0.3 is 0 Å². The summed E-state index contributed by atoms with van der Waals surface area (Å²) in [6, 6.07) is 15.0. The van der Waals surface area contributed by atoms with E-state index in [-0.39, 0.29) is 11.8 Å². The third-order valence-corrected chi connectivity index (χ3v) is 4.13. The Balaban J connectivity index is 1.49. The molecule has 0 atom stereocenters. The van der Waals surface area contributed by atoms with Gasteiger partial charge in [0.15, 0.2) is 0 Å². The summed E-state index contributed by atoms with van der Waals surface area (Å²) in [6.45, 7) is 3.00. The van der Waals surface area contributed by atoms with Crippen LogP contribution in [-0.2, 0) is 6.42 Å². The molecule has 2 aromatic rings. The molecule has 0 unspecified atom stereocenters. The van der Waals surface area contributed by atoms with Crippen molar-refractivity contribution in [1.82, 2.24) is 4.90 Å². The van der Waals surface area contributed by atoms with E-state index in [0.29, 0.717) is 30.7 Å². The van der Waals surface area contributed by atoms with Crippen molar-refractivity contribution in [1.29, 1.82) is 0 Å². The Morgan fingerprint density at radius 2 is 1.54 bits per heavy atom. The van der Waals surface area contributed by atoms with Gasteiger partial charge in [-0.3, -0.25) is 14.5 Å². The first-order valence-electron chi connectivity index (χ1n) is 8.37. The molecule has 0 spiro atoms. The highest BCUT2D eigenvalue weighted by atomic mass is 16.5. The van der Waals surface area contributed by atoms with Crippen molar-refractivity contribution >= 4 is 11.8 Å². The predicted molar refractivity (Wildman–Crippen MR) is 92.4 cm³/mol. The molecule has 0 fully saturated rings. The normalized spacial score (nSPS) is 13.3. The highest BCUT2D eigenvalue weighted by Gasteiger charge is 2.34. The lowest BCUT2D eigenvalue weighted by atomic mass is 10.1. The average Bonchev–Trinajstić information content (AvgIpc) is 2.85. The number of ether oxygens (including phenoxy) is 1. The van der Waals surface area contributed by atoms with Crippen LogP contribution in [0.3, 0.4) is 0 Å². The third kappa shape index (κ3) is 3.32. The van der Waals surface area contributed by atoms with Crippen molar-refractivity contribution in [3.8, 4) is 5.75 Å². The second kappa shape index (κ2) is 7.30. The van der Waals surface area contributed by atoms with E-state index >= 15 is 0 Å². The van der Waals surface area contributed by atoms with Gasteiger partial charge in [-0.2, -0.15) is 0 Å². The van der Waals surface area contributed by atoms with Crippen LogP contribution in [0.2, 0.25) is 0 Å². The summed E-state index contributed by atoms with van der Waals surface area (Å²) in [5, 5.41) is 0. The fraction of sp³-hybridized carbons (Fsp3) is 0.300. The summed E-state index contributed by atoms with van der Waals surface area (Å²) in [5.41, 5.74) is 2.29. The van der Waals surface area contributed by atoms with Crippen LogP contribution in [0.15, 0.2) is 48.5 Å². The molecule has 0 saturated heterocycles. The van der Waals surface area contributed by atoms with Crippen LogP contribution in [-0.4, -0.2) is 29.9 Å². The van der Waals surface area contributed by atoms with Gasteiger partial charge < -0.3 is 4.74 Å². The van der Waals surface area contributed by atoms with E-state index in [2.05, 4.69) is 19.1 Å². The quantitative estimate of drug-likeness (QED) is 0.576. The summed E-state index contributed by atoms with van der Waals surface area (Å²) < 4.78 is 5.70. The maximum atomic E-state index is 12.2. The van der Waals surface area contributed by atoms with Crippen LogP contribution < -0.4 is 4.74 Å². The third-order valence-electron chi connectivity index (χ3n) is 4.13. The van der Waals surface area contributed by atoms with Crippen LogP contribution >= 0.6 is 0 Å². The number of aryl methyl sites for hydroxylation is 1. The molecule has 2 aromatic carbocycles. The van der Waals surface area contributed by atoms with Gasteiger partial charge in [0.05, 0.1) is 17.7 Å². The lowest BCUT2D eigenvalue weighted by Gasteiger charge is -2.14. The van der Waals surface area contributed by atoms with Gasteiger partial charge in [-0.05, 0) is 42.7 Å². The second-order valence-electron chi connectivity index (χ2n) is 5.90. The van der Waals surface area contributed by atoms with Gasteiger partial charge in [-0.15, -0.1) is 0 Å². The Morgan fingerprint density at radius 3 is 2.12 bits per heavy atom. The minimum atomic E-state index is -0.209. The monoisotopic (exact) mass is 323 g/mol. The van der Waals surface area contributed by atoms with E-state index in [1.807, 2.05) is 12.1 Å². The van der Waals surface area contributed by atoms with Crippen molar-refractivity contribution < 1.29 is 14.3 Å². The molecule has 4 heteroatoms. The standard InChI is InChI=1S/C20H21NO3/c1-2-6-15-9-11-16(12-10-15)24-14-5-13-21-19(22)17-7-3-4-8-18(17)20(21)23/h3-4,7-12H,2,5-6,13-14H2,1H3. The van der Waals surface area contributed by atoms with Crippen LogP contribution in [0.25, 0.3) is 0 Å². The van der Waals surface area contributed by atoms with Gasteiger partial charge in [0.25, 0.3) is 11.8 Å². The molecule has 1 aliphatic rings. The molecule has 0 N–H and O–H groups in total. The number of carbonyl (C=O) groups is 2. The minimum absolute atomic E-state index is 0.209. The first-order chi connectivity index (χ1) is 11.7. The van der Waals surface area contributed by atoms with Gasteiger partial charge in [0.2, 0.25) is 0 Å². The van der Waals surface area contributed by atoms with Gasteiger partial charge in [0, 0.05) is 6.54 Å². The molecule has 0 aliphatic carbocycles. The largest absolute Gasteiger partial charge is 0.494 e. The van der Waals surface area contributed by atoms with E-state index in [0.717, 1.165) is 18.6 Å². The van der Waals surface area contributed by atoms with Crippen LogP contribution in [0.5, 0.6) is 5.75 Å². The van der Waals surface area contributed by atoms with Crippen LogP contribution in [0.1, 0.15) is 46.0 Å². The smallest absolute Gasteiger partial charge is 0.261 e. The van der Waals surface area contributed by atoms with Crippen molar-refractivity contribution in [3.63, 3.8) is 0 Å². The van der Waals surface area contributed by atoms with Crippen molar-refractivity contribution in [3.05, 3.63) is 65.2 Å². The number of hydrogen-bond donors (Lipinski definition) is 0. The van der Waals surface area contributed by atoms with Crippen molar-refractivity contribution in [2.75, 3.05) is 13.2 Å². The molecule has 0 saturated carbocycles. The second-order valence-corrected chi connectivity index (χ2v) is 5.90. The number of fused-ring (bicyclic) bond motifs is 1. The zero-order valence-corrected chi connectivity index (χ0v) is 13.8.